The van der Waals surface area contributed by atoms with Gasteiger partial charge >= 0.3 is 0 Å². The van der Waals surface area contributed by atoms with Gasteiger partial charge in [-0.05, 0) is 29.8 Å². The van der Waals surface area contributed by atoms with E-state index in [1.807, 2.05) is 60.9 Å². The lowest BCUT2D eigenvalue weighted by molar-refractivity contribution is 0.885. The smallest absolute Gasteiger partial charge is 0.0940 e. The van der Waals surface area contributed by atoms with Crippen LogP contribution in [0.4, 0.5) is 5.69 Å². The van der Waals surface area contributed by atoms with Gasteiger partial charge in [0.25, 0.3) is 0 Å². The molecule has 3 rings (SSSR count). The number of hydrogen-bond acceptors (Lipinski definition) is 3. The number of benzene rings is 1. The normalized spacial score (nSPS) is 11.8. The molecule has 98 valence electrons. The van der Waals surface area contributed by atoms with Crippen LogP contribution >= 0.6 is 0 Å². The molecule has 20 heavy (non-hydrogen) atoms. The first kappa shape index (κ1) is 12.4. The number of nitrogens with one attached hydrogen (secondary N) is 1. The van der Waals surface area contributed by atoms with E-state index in [-0.39, 0.29) is 6.04 Å². The van der Waals surface area contributed by atoms with Crippen LogP contribution in [-0.2, 0) is 0 Å². The molecule has 1 atom stereocenters. The molecule has 1 N–H and O–H groups in total. The van der Waals surface area contributed by atoms with Gasteiger partial charge in [0.2, 0.25) is 0 Å². The Labute approximate surface area is 118 Å². The Morgan fingerprint density at radius 2 is 1.65 bits per heavy atom. The molecule has 0 saturated carbocycles. The lowest BCUT2D eigenvalue weighted by Gasteiger charge is -2.19. The number of aromatic nitrogens is 2. The van der Waals surface area contributed by atoms with Crippen LogP contribution in [0.25, 0.3) is 0 Å². The fraction of sp³-hybridized carbons (Fsp3) is 0.0588. The van der Waals surface area contributed by atoms with Gasteiger partial charge in [0, 0.05) is 18.6 Å². The maximum absolute atomic E-state index is 4.47. The molecule has 0 amide bonds. The fourth-order valence-electron chi connectivity index (χ4n) is 2.14. The Morgan fingerprint density at radius 3 is 2.35 bits per heavy atom. The van der Waals surface area contributed by atoms with Crippen LogP contribution < -0.4 is 5.32 Å². The van der Waals surface area contributed by atoms with Crippen molar-refractivity contribution in [2.75, 3.05) is 5.32 Å². The van der Waals surface area contributed by atoms with E-state index < -0.39 is 0 Å². The first-order valence-corrected chi connectivity index (χ1v) is 6.56. The average Bonchev–Trinajstić information content (AvgIpc) is 2.55. The summed E-state index contributed by atoms with van der Waals surface area (Å²) in [6.07, 6.45) is 5.40. The van der Waals surface area contributed by atoms with Crippen LogP contribution in [0.5, 0.6) is 0 Å². The van der Waals surface area contributed by atoms with Gasteiger partial charge in [-0.3, -0.25) is 9.97 Å². The Bertz CT molecular complexity index is 599. The molecular formula is C17H15N3. The minimum absolute atomic E-state index is 0.0154. The van der Waals surface area contributed by atoms with E-state index in [4.69, 9.17) is 0 Å². The zero-order valence-corrected chi connectivity index (χ0v) is 11.0. The second-order valence-electron chi connectivity index (χ2n) is 4.48. The highest BCUT2D eigenvalue weighted by molar-refractivity contribution is 5.46. The van der Waals surface area contributed by atoms with Gasteiger partial charge in [0.1, 0.15) is 0 Å². The SMILES string of the molecule is c1ccc(C(Nc2cccnc2)c2ccccn2)cc1. The zero-order valence-electron chi connectivity index (χ0n) is 11.0. The van der Waals surface area contributed by atoms with Crippen molar-refractivity contribution < 1.29 is 0 Å². The molecule has 1 aromatic carbocycles. The van der Waals surface area contributed by atoms with E-state index >= 15 is 0 Å². The molecule has 0 bridgehead atoms. The van der Waals surface area contributed by atoms with Gasteiger partial charge in [0.15, 0.2) is 0 Å². The van der Waals surface area contributed by atoms with Crippen molar-refractivity contribution in [3.8, 4) is 0 Å². The van der Waals surface area contributed by atoms with Gasteiger partial charge in [-0.1, -0.05) is 36.4 Å². The third kappa shape index (κ3) is 2.83. The van der Waals surface area contributed by atoms with Crippen LogP contribution in [0, 0.1) is 0 Å². The van der Waals surface area contributed by atoms with Crippen molar-refractivity contribution in [3.63, 3.8) is 0 Å². The minimum Gasteiger partial charge on any atom is -0.372 e. The summed E-state index contributed by atoms with van der Waals surface area (Å²) in [5.74, 6) is 0. The van der Waals surface area contributed by atoms with Crippen molar-refractivity contribution in [3.05, 3.63) is 90.5 Å². The Kier molecular flexibility index (Phi) is 3.69. The van der Waals surface area contributed by atoms with E-state index in [1.54, 1.807) is 6.20 Å². The highest BCUT2D eigenvalue weighted by atomic mass is 15.0. The van der Waals surface area contributed by atoms with Crippen LogP contribution in [0.15, 0.2) is 79.3 Å². The van der Waals surface area contributed by atoms with Crippen molar-refractivity contribution >= 4 is 5.69 Å². The van der Waals surface area contributed by atoms with Crippen LogP contribution in [0.3, 0.4) is 0 Å². The van der Waals surface area contributed by atoms with Crippen molar-refractivity contribution in [1.29, 1.82) is 0 Å². The molecule has 0 radical (unpaired) electrons. The number of pyridine rings is 2. The second kappa shape index (κ2) is 5.97. The third-order valence-corrected chi connectivity index (χ3v) is 3.09. The molecule has 2 aromatic heterocycles. The van der Waals surface area contributed by atoms with Crippen molar-refractivity contribution in [2.24, 2.45) is 0 Å². The van der Waals surface area contributed by atoms with E-state index in [0.29, 0.717) is 0 Å². The minimum atomic E-state index is 0.0154. The summed E-state index contributed by atoms with van der Waals surface area (Å²) >= 11 is 0. The van der Waals surface area contributed by atoms with Crippen LogP contribution in [0.2, 0.25) is 0 Å². The predicted octanol–water partition coefficient (Wildman–Crippen LogP) is 3.68. The number of nitrogens with zero attached hydrogens (tertiary/aromatic N) is 2. The standard InChI is InChI=1S/C17H15N3/c1-2-7-14(8-3-1)17(16-10-4-5-12-19-16)20-15-9-6-11-18-13-15/h1-13,17,20H. The third-order valence-electron chi connectivity index (χ3n) is 3.09. The number of anilines is 1. The molecule has 0 aliphatic rings. The maximum atomic E-state index is 4.47. The van der Waals surface area contributed by atoms with Gasteiger partial charge in [0.05, 0.1) is 17.4 Å². The summed E-state index contributed by atoms with van der Waals surface area (Å²) in [5, 5.41) is 3.49. The van der Waals surface area contributed by atoms with Crippen molar-refractivity contribution in [2.45, 2.75) is 6.04 Å². The highest BCUT2D eigenvalue weighted by Crippen LogP contribution is 2.24. The molecule has 2 heterocycles. The van der Waals surface area contributed by atoms with Gasteiger partial charge in [-0.25, -0.2) is 0 Å². The lowest BCUT2D eigenvalue weighted by Crippen LogP contribution is -2.13. The van der Waals surface area contributed by atoms with Gasteiger partial charge < -0.3 is 5.32 Å². The second-order valence-corrected chi connectivity index (χ2v) is 4.48. The predicted molar refractivity (Wildman–Crippen MR) is 80.4 cm³/mol. The summed E-state index contributed by atoms with van der Waals surface area (Å²) in [4.78, 5) is 8.61. The first-order valence-electron chi connectivity index (χ1n) is 6.56. The summed E-state index contributed by atoms with van der Waals surface area (Å²) in [6, 6.07) is 20.2. The van der Waals surface area contributed by atoms with Gasteiger partial charge in [-0.15, -0.1) is 0 Å². The summed E-state index contributed by atoms with van der Waals surface area (Å²) in [7, 11) is 0. The molecule has 0 aliphatic heterocycles. The monoisotopic (exact) mass is 261 g/mol. The quantitative estimate of drug-likeness (QED) is 0.778. The maximum Gasteiger partial charge on any atom is 0.0940 e. The highest BCUT2D eigenvalue weighted by Gasteiger charge is 2.14. The Balaban J connectivity index is 1.96. The topological polar surface area (TPSA) is 37.8 Å². The summed E-state index contributed by atoms with van der Waals surface area (Å²) in [5.41, 5.74) is 3.14. The Morgan fingerprint density at radius 1 is 0.800 bits per heavy atom. The van der Waals surface area contributed by atoms with Crippen LogP contribution in [0.1, 0.15) is 17.3 Å². The van der Waals surface area contributed by atoms with E-state index in [9.17, 15) is 0 Å². The van der Waals surface area contributed by atoms with E-state index in [0.717, 1.165) is 11.4 Å². The summed E-state index contributed by atoms with van der Waals surface area (Å²) < 4.78 is 0. The van der Waals surface area contributed by atoms with E-state index in [1.165, 1.54) is 5.56 Å². The first-order chi connectivity index (χ1) is 9.93. The molecule has 3 aromatic rings. The summed E-state index contributed by atoms with van der Waals surface area (Å²) in [6.45, 7) is 0. The van der Waals surface area contributed by atoms with Crippen LogP contribution in [-0.4, -0.2) is 9.97 Å². The molecular weight excluding hydrogens is 246 g/mol. The zero-order chi connectivity index (χ0) is 13.6. The molecule has 1 unspecified atom stereocenters. The van der Waals surface area contributed by atoms with Crippen molar-refractivity contribution in [1.82, 2.24) is 9.97 Å². The molecule has 0 fully saturated rings. The number of hydrogen-bond donors (Lipinski definition) is 1. The van der Waals surface area contributed by atoms with Gasteiger partial charge in [-0.2, -0.15) is 0 Å². The lowest BCUT2D eigenvalue weighted by atomic mass is 10.0. The molecule has 3 heteroatoms. The average molecular weight is 261 g/mol. The van der Waals surface area contributed by atoms with E-state index in [2.05, 4.69) is 27.4 Å². The molecule has 0 aliphatic carbocycles. The fourth-order valence-corrected chi connectivity index (χ4v) is 2.14. The molecule has 0 saturated heterocycles. The molecule has 3 nitrogen and oxygen atoms in total. The number of rotatable bonds is 4. The Hall–Kier alpha value is -2.68. The largest absolute Gasteiger partial charge is 0.372 e. The molecule has 0 spiro atoms.